The lowest BCUT2D eigenvalue weighted by molar-refractivity contribution is -0.119. The summed E-state index contributed by atoms with van der Waals surface area (Å²) in [5.41, 5.74) is 1.44. The van der Waals surface area contributed by atoms with Gasteiger partial charge in [0.2, 0.25) is 5.91 Å². The van der Waals surface area contributed by atoms with Crippen molar-refractivity contribution in [1.82, 2.24) is 10.2 Å². The highest BCUT2D eigenvalue weighted by atomic mass is 16.5. The quantitative estimate of drug-likeness (QED) is 0.877. The monoisotopic (exact) mass is 318 g/mol. The molecular formula is C19H30N2O2. The van der Waals surface area contributed by atoms with Crippen LogP contribution in [-0.2, 0) is 11.2 Å². The number of hydrogen-bond donors (Lipinski definition) is 1. The number of nitrogens with zero attached hydrogens (tertiary/aromatic N) is 1. The molecule has 0 bridgehead atoms. The summed E-state index contributed by atoms with van der Waals surface area (Å²) in [5.74, 6) is 1.61. The Balaban J connectivity index is 1.89. The molecule has 1 fully saturated rings. The van der Waals surface area contributed by atoms with E-state index in [9.17, 15) is 4.79 Å². The molecular weight excluding hydrogens is 288 g/mol. The Bertz CT molecular complexity index is 520. The molecule has 1 aliphatic heterocycles. The molecule has 4 nitrogen and oxygen atoms in total. The van der Waals surface area contributed by atoms with E-state index in [2.05, 4.69) is 42.3 Å². The van der Waals surface area contributed by atoms with Crippen molar-refractivity contribution in [2.45, 2.75) is 45.6 Å². The zero-order valence-corrected chi connectivity index (χ0v) is 14.9. The highest BCUT2D eigenvalue weighted by Crippen LogP contribution is 2.27. The fraction of sp³-hybridized carbons (Fsp3) is 0.632. The molecule has 128 valence electrons. The van der Waals surface area contributed by atoms with Crippen molar-refractivity contribution < 1.29 is 9.53 Å². The number of rotatable bonds is 6. The Morgan fingerprint density at radius 1 is 1.35 bits per heavy atom. The highest BCUT2D eigenvalue weighted by Gasteiger charge is 2.30. The van der Waals surface area contributed by atoms with Gasteiger partial charge in [0.25, 0.3) is 0 Å². The van der Waals surface area contributed by atoms with E-state index in [4.69, 9.17) is 4.74 Å². The molecule has 0 atom stereocenters. The number of carbonyl (C=O) groups excluding carboxylic acids is 1. The number of nitrogens with one attached hydrogen (secondary N) is 1. The zero-order chi connectivity index (χ0) is 16.9. The fourth-order valence-corrected chi connectivity index (χ4v) is 3.42. The van der Waals surface area contributed by atoms with Crippen molar-refractivity contribution in [1.29, 1.82) is 0 Å². The third-order valence-electron chi connectivity index (χ3n) is 4.88. The normalized spacial score (nSPS) is 17.0. The van der Waals surface area contributed by atoms with Crippen LogP contribution in [0.4, 0.5) is 0 Å². The average molecular weight is 318 g/mol. The zero-order valence-electron chi connectivity index (χ0n) is 14.9. The van der Waals surface area contributed by atoms with Crippen LogP contribution in [0, 0.1) is 5.92 Å². The van der Waals surface area contributed by atoms with Gasteiger partial charge in [0.05, 0.1) is 7.11 Å². The number of methoxy groups -OCH3 is 1. The molecule has 1 N–H and O–H groups in total. The van der Waals surface area contributed by atoms with E-state index in [1.54, 1.807) is 14.0 Å². The Morgan fingerprint density at radius 3 is 2.65 bits per heavy atom. The molecule has 0 spiro atoms. The van der Waals surface area contributed by atoms with Crippen LogP contribution in [0.2, 0.25) is 0 Å². The van der Waals surface area contributed by atoms with Crippen molar-refractivity contribution in [3.8, 4) is 5.75 Å². The number of amides is 1. The Hall–Kier alpha value is -1.55. The topological polar surface area (TPSA) is 41.6 Å². The van der Waals surface area contributed by atoms with Gasteiger partial charge < -0.3 is 10.1 Å². The molecule has 0 radical (unpaired) electrons. The molecule has 0 aliphatic carbocycles. The maximum Gasteiger partial charge on any atom is 0.216 e. The lowest BCUT2D eigenvalue weighted by Crippen LogP contribution is -2.50. The van der Waals surface area contributed by atoms with Crippen LogP contribution in [0.3, 0.4) is 0 Å². The molecule has 1 amide bonds. The van der Waals surface area contributed by atoms with Gasteiger partial charge in [-0.2, -0.15) is 0 Å². The number of piperidine rings is 1. The average Bonchev–Trinajstić information content (AvgIpc) is 2.53. The van der Waals surface area contributed by atoms with Crippen molar-refractivity contribution in [3.63, 3.8) is 0 Å². The van der Waals surface area contributed by atoms with Gasteiger partial charge in [-0.1, -0.05) is 12.1 Å². The second kappa shape index (κ2) is 7.82. The summed E-state index contributed by atoms with van der Waals surface area (Å²) < 4.78 is 5.33. The first-order valence-corrected chi connectivity index (χ1v) is 8.53. The van der Waals surface area contributed by atoms with E-state index in [1.807, 2.05) is 6.07 Å². The molecule has 0 unspecified atom stereocenters. The summed E-state index contributed by atoms with van der Waals surface area (Å²) in [4.78, 5) is 13.6. The van der Waals surface area contributed by atoms with Crippen molar-refractivity contribution in [2.75, 3.05) is 26.7 Å². The summed E-state index contributed by atoms with van der Waals surface area (Å²) in [6.45, 7) is 9.25. The van der Waals surface area contributed by atoms with Gasteiger partial charge in [-0.25, -0.2) is 0 Å². The van der Waals surface area contributed by atoms with E-state index in [0.717, 1.165) is 44.6 Å². The molecule has 2 rings (SSSR count). The smallest absolute Gasteiger partial charge is 0.216 e. The summed E-state index contributed by atoms with van der Waals surface area (Å²) in [7, 11) is 1.71. The fourth-order valence-electron chi connectivity index (χ4n) is 3.42. The van der Waals surface area contributed by atoms with Crippen molar-refractivity contribution in [3.05, 3.63) is 29.8 Å². The van der Waals surface area contributed by atoms with Gasteiger partial charge in [0, 0.05) is 19.0 Å². The molecule has 1 heterocycles. The number of hydrogen-bond acceptors (Lipinski definition) is 3. The second-order valence-electron chi connectivity index (χ2n) is 7.21. The highest BCUT2D eigenvalue weighted by molar-refractivity contribution is 5.72. The third kappa shape index (κ3) is 5.24. The number of ether oxygens (including phenoxy) is 1. The minimum Gasteiger partial charge on any atom is -0.497 e. The van der Waals surface area contributed by atoms with Crippen LogP contribution in [0.25, 0.3) is 0 Å². The molecule has 1 saturated heterocycles. The Labute approximate surface area is 140 Å². The van der Waals surface area contributed by atoms with Crippen LogP contribution >= 0.6 is 0 Å². The van der Waals surface area contributed by atoms with Crippen molar-refractivity contribution in [2.24, 2.45) is 5.92 Å². The van der Waals surface area contributed by atoms with E-state index in [1.165, 1.54) is 5.56 Å². The number of likely N-dealkylation sites (tertiary alicyclic amines) is 1. The van der Waals surface area contributed by atoms with Gasteiger partial charge in [0.15, 0.2) is 0 Å². The van der Waals surface area contributed by atoms with Crippen LogP contribution < -0.4 is 10.1 Å². The first-order chi connectivity index (χ1) is 10.9. The van der Waals surface area contributed by atoms with E-state index in [-0.39, 0.29) is 11.4 Å². The lowest BCUT2D eigenvalue weighted by atomic mass is 9.88. The Morgan fingerprint density at radius 2 is 2.04 bits per heavy atom. The van der Waals surface area contributed by atoms with Gasteiger partial charge in [0.1, 0.15) is 5.75 Å². The lowest BCUT2D eigenvalue weighted by Gasteiger charge is -2.43. The maximum atomic E-state index is 11.0. The summed E-state index contributed by atoms with van der Waals surface area (Å²) in [6, 6.07) is 8.35. The summed E-state index contributed by atoms with van der Waals surface area (Å²) >= 11 is 0. The molecule has 1 aromatic rings. The second-order valence-corrected chi connectivity index (χ2v) is 7.21. The predicted molar refractivity (Wildman–Crippen MR) is 93.8 cm³/mol. The van der Waals surface area contributed by atoms with E-state index >= 15 is 0 Å². The standard InChI is InChI=1S/C19H30N2O2/c1-15(22)20-14-16-8-10-21(11-9-16)19(2,3)13-17-6-5-7-18(12-17)23-4/h5-7,12,16H,8-11,13-14H2,1-4H3,(H,20,22). The van der Waals surface area contributed by atoms with Crippen LogP contribution in [0.5, 0.6) is 5.75 Å². The largest absolute Gasteiger partial charge is 0.497 e. The minimum atomic E-state index is 0.0748. The number of carbonyl (C=O) groups is 1. The first-order valence-electron chi connectivity index (χ1n) is 8.53. The SMILES string of the molecule is COc1cccc(CC(C)(C)N2CCC(CNC(C)=O)CC2)c1. The summed E-state index contributed by atoms with van der Waals surface area (Å²) in [6.07, 6.45) is 3.32. The molecule has 0 saturated carbocycles. The van der Waals surface area contributed by atoms with Crippen LogP contribution in [-0.4, -0.2) is 43.1 Å². The molecule has 0 aromatic heterocycles. The molecule has 1 aliphatic rings. The van der Waals surface area contributed by atoms with E-state index in [0.29, 0.717) is 5.92 Å². The first kappa shape index (κ1) is 17.8. The van der Waals surface area contributed by atoms with Gasteiger partial charge >= 0.3 is 0 Å². The number of benzene rings is 1. The molecule has 23 heavy (non-hydrogen) atoms. The molecule has 4 heteroatoms. The predicted octanol–water partition coefficient (Wildman–Crippen LogP) is 2.86. The third-order valence-corrected chi connectivity index (χ3v) is 4.88. The minimum absolute atomic E-state index is 0.0748. The maximum absolute atomic E-state index is 11.0. The van der Waals surface area contributed by atoms with E-state index < -0.39 is 0 Å². The van der Waals surface area contributed by atoms with Gasteiger partial charge in [-0.05, 0) is 69.8 Å². The van der Waals surface area contributed by atoms with Crippen LogP contribution in [0.15, 0.2) is 24.3 Å². The van der Waals surface area contributed by atoms with Gasteiger partial charge in [-0.15, -0.1) is 0 Å². The summed E-state index contributed by atoms with van der Waals surface area (Å²) in [5, 5.41) is 2.95. The van der Waals surface area contributed by atoms with Crippen LogP contribution in [0.1, 0.15) is 39.2 Å². The van der Waals surface area contributed by atoms with Gasteiger partial charge in [-0.3, -0.25) is 9.69 Å². The molecule has 1 aromatic carbocycles. The Kier molecular flexibility index (Phi) is 6.05. The van der Waals surface area contributed by atoms with Crippen molar-refractivity contribution >= 4 is 5.91 Å².